The number of fused-ring (bicyclic) bond motifs is 1. The number of ether oxygens (including phenoxy) is 1. The van der Waals surface area contributed by atoms with Crippen LogP contribution in [0.2, 0.25) is 0 Å². The van der Waals surface area contributed by atoms with E-state index in [0.29, 0.717) is 0 Å². The first-order valence-corrected chi connectivity index (χ1v) is 7.39. The SMILES string of the molecule is COc1ccccc1/C=C/c1ccc2cc(O)c(C(=O)O)cc2c1. The number of carboxylic acid groups (broad SMARTS) is 1. The predicted octanol–water partition coefficient (Wildman–Crippen LogP) is 4.42. The minimum Gasteiger partial charge on any atom is -0.507 e. The van der Waals surface area contributed by atoms with Gasteiger partial charge in [-0.3, -0.25) is 0 Å². The minimum absolute atomic E-state index is 0.103. The number of aromatic hydroxyl groups is 1. The summed E-state index contributed by atoms with van der Waals surface area (Å²) in [5.74, 6) is -0.593. The van der Waals surface area contributed by atoms with E-state index in [9.17, 15) is 9.90 Å². The van der Waals surface area contributed by atoms with Gasteiger partial charge in [-0.1, -0.05) is 42.5 Å². The largest absolute Gasteiger partial charge is 0.507 e. The molecule has 0 aromatic heterocycles. The van der Waals surface area contributed by atoms with Gasteiger partial charge < -0.3 is 14.9 Å². The van der Waals surface area contributed by atoms with Crippen LogP contribution in [0, 0.1) is 0 Å². The maximum atomic E-state index is 11.1. The molecule has 3 aromatic rings. The van der Waals surface area contributed by atoms with E-state index in [4.69, 9.17) is 9.84 Å². The van der Waals surface area contributed by atoms with Crippen LogP contribution in [0.5, 0.6) is 11.5 Å². The molecule has 0 bridgehead atoms. The summed E-state index contributed by atoms with van der Waals surface area (Å²) in [5, 5.41) is 20.4. The second-order valence-corrected chi connectivity index (χ2v) is 5.36. The lowest BCUT2D eigenvalue weighted by molar-refractivity contribution is 0.0694. The molecular formula is C20H16O4. The van der Waals surface area contributed by atoms with Crippen LogP contribution in [-0.2, 0) is 0 Å². The standard InChI is InChI=1S/C20H16O4/c1-24-19-5-3-2-4-14(19)8-6-13-7-9-15-12-18(21)17(20(22)23)11-16(15)10-13/h2-12,21H,1H3,(H,22,23)/b8-6+. The Hall–Kier alpha value is -3.27. The number of hydrogen-bond donors (Lipinski definition) is 2. The molecule has 3 rings (SSSR count). The molecular weight excluding hydrogens is 304 g/mol. The van der Waals surface area contributed by atoms with Gasteiger partial charge in [-0.15, -0.1) is 0 Å². The van der Waals surface area contributed by atoms with Crippen molar-refractivity contribution >= 4 is 28.9 Å². The van der Waals surface area contributed by atoms with E-state index in [0.717, 1.165) is 27.6 Å². The summed E-state index contributed by atoms with van der Waals surface area (Å²) < 4.78 is 5.31. The summed E-state index contributed by atoms with van der Waals surface area (Å²) in [5.41, 5.74) is 1.78. The summed E-state index contributed by atoms with van der Waals surface area (Å²) in [6.45, 7) is 0. The average molecular weight is 320 g/mol. The van der Waals surface area contributed by atoms with Gasteiger partial charge in [0.25, 0.3) is 0 Å². The molecule has 3 aromatic carbocycles. The zero-order valence-electron chi connectivity index (χ0n) is 13.1. The first-order chi connectivity index (χ1) is 11.6. The molecule has 0 fully saturated rings. The summed E-state index contributed by atoms with van der Waals surface area (Å²) >= 11 is 0. The van der Waals surface area contributed by atoms with Crippen molar-refractivity contribution in [2.45, 2.75) is 0 Å². The van der Waals surface area contributed by atoms with E-state index in [2.05, 4.69) is 0 Å². The molecule has 0 aliphatic carbocycles. The van der Waals surface area contributed by atoms with Crippen molar-refractivity contribution in [2.24, 2.45) is 0 Å². The van der Waals surface area contributed by atoms with Crippen molar-refractivity contribution in [2.75, 3.05) is 7.11 Å². The Morgan fingerprint density at radius 3 is 2.54 bits per heavy atom. The molecule has 0 heterocycles. The van der Waals surface area contributed by atoms with Gasteiger partial charge in [-0.2, -0.15) is 0 Å². The third-order valence-electron chi connectivity index (χ3n) is 3.80. The molecule has 0 radical (unpaired) electrons. The number of methoxy groups -OCH3 is 1. The predicted molar refractivity (Wildman–Crippen MR) is 94.5 cm³/mol. The van der Waals surface area contributed by atoms with Crippen molar-refractivity contribution in [1.29, 1.82) is 0 Å². The molecule has 0 saturated heterocycles. The number of carbonyl (C=O) groups is 1. The zero-order valence-corrected chi connectivity index (χ0v) is 13.1. The molecule has 0 aliphatic heterocycles. The van der Waals surface area contributed by atoms with E-state index >= 15 is 0 Å². The molecule has 120 valence electrons. The van der Waals surface area contributed by atoms with Gasteiger partial charge in [0.1, 0.15) is 17.1 Å². The van der Waals surface area contributed by atoms with E-state index < -0.39 is 5.97 Å². The second-order valence-electron chi connectivity index (χ2n) is 5.36. The zero-order chi connectivity index (χ0) is 17.1. The molecule has 0 saturated carbocycles. The van der Waals surface area contributed by atoms with Gasteiger partial charge in [0.2, 0.25) is 0 Å². The molecule has 24 heavy (non-hydrogen) atoms. The second kappa shape index (κ2) is 6.46. The van der Waals surface area contributed by atoms with Crippen molar-refractivity contribution in [3.8, 4) is 11.5 Å². The van der Waals surface area contributed by atoms with E-state index in [1.54, 1.807) is 7.11 Å². The van der Waals surface area contributed by atoms with Crippen LogP contribution in [0.25, 0.3) is 22.9 Å². The molecule has 0 atom stereocenters. The van der Waals surface area contributed by atoms with Gasteiger partial charge in [-0.25, -0.2) is 4.79 Å². The number of carboxylic acids is 1. The Labute approximate surface area is 139 Å². The van der Waals surface area contributed by atoms with Crippen LogP contribution in [0.4, 0.5) is 0 Å². The Kier molecular flexibility index (Phi) is 4.20. The van der Waals surface area contributed by atoms with Crippen LogP contribution in [0.15, 0.2) is 54.6 Å². The smallest absolute Gasteiger partial charge is 0.339 e. The van der Waals surface area contributed by atoms with Gasteiger partial charge in [-0.05, 0) is 40.6 Å². The van der Waals surface area contributed by atoms with Crippen LogP contribution >= 0.6 is 0 Å². The Balaban J connectivity index is 2.00. The van der Waals surface area contributed by atoms with Crippen molar-refractivity contribution < 1.29 is 19.7 Å². The Morgan fingerprint density at radius 1 is 1.00 bits per heavy atom. The van der Waals surface area contributed by atoms with Crippen molar-refractivity contribution in [3.05, 3.63) is 71.3 Å². The number of benzene rings is 3. The number of aromatic carboxylic acids is 1. The summed E-state index contributed by atoms with van der Waals surface area (Å²) in [7, 11) is 1.63. The molecule has 0 spiro atoms. The van der Waals surface area contributed by atoms with Crippen molar-refractivity contribution in [1.82, 2.24) is 0 Å². The number of phenols is 1. The van der Waals surface area contributed by atoms with Crippen LogP contribution in [0.1, 0.15) is 21.5 Å². The minimum atomic E-state index is -1.15. The quantitative estimate of drug-likeness (QED) is 0.698. The highest BCUT2D eigenvalue weighted by molar-refractivity contribution is 5.98. The number of hydrogen-bond acceptors (Lipinski definition) is 3. The lowest BCUT2D eigenvalue weighted by atomic mass is 10.0. The molecule has 0 amide bonds. The molecule has 2 N–H and O–H groups in total. The third-order valence-corrected chi connectivity index (χ3v) is 3.80. The van der Waals surface area contributed by atoms with Crippen LogP contribution in [0.3, 0.4) is 0 Å². The monoisotopic (exact) mass is 320 g/mol. The summed E-state index contributed by atoms with van der Waals surface area (Å²) in [4.78, 5) is 11.1. The highest BCUT2D eigenvalue weighted by atomic mass is 16.5. The fraction of sp³-hybridized carbons (Fsp3) is 0.0500. The highest BCUT2D eigenvalue weighted by Crippen LogP contribution is 2.27. The summed E-state index contributed by atoms with van der Waals surface area (Å²) in [6.07, 6.45) is 3.88. The van der Waals surface area contributed by atoms with E-state index in [1.165, 1.54) is 12.1 Å². The maximum Gasteiger partial charge on any atom is 0.339 e. The number of para-hydroxylation sites is 1. The highest BCUT2D eigenvalue weighted by Gasteiger charge is 2.10. The van der Waals surface area contributed by atoms with Gasteiger partial charge in [0.15, 0.2) is 0 Å². The molecule has 0 aliphatic rings. The Bertz CT molecular complexity index is 942. The third kappa shape index (κ3) is 3.08. The normalized spacial score (nSPS) is 11.0. The maximum absolute atomic E-state index is 11.1. The Morgan fingerprint density at radius 2 is 1.79 bits per heavy atom. The van der Waals surface area contributed by atoms with Gasteiger partial charge >= 0.3 is 5.97 Å². The fourth-order valence-electron chi connectivity index (χ4n) is 2.57. The van der Waals surface area contributed by atoms with Crippen LogP contribution in [-0.4, -0.2) is 23.3 Å². The molecule has 4 heteroatoms. The van der Waals surface area contributed by atoms with Crippen molar-refractivity contribution in [3.63, 3.8) is 0 Å². The molecule has 4 nitrogen and oxygen atoms in total. The lowest BCUT2D eigenvalue weighted by Crippen LogP contribution is -1.96. The first kappa shape index (κ1) is 15.6. The summed E-state index contributed by atoms with van der Waals surface area (Å²) in [6, 6.07) is 16.3. The first-order valence-electron chi connectivity index (χ1n) is 7.39. The molecule has 0 unspecified atom stereocenters. The lowest BCUT2D eigenvalue weighted by Gasteiger charge is -2.05. The van der Waals surface area contributed by atoms with E-state index in [1.807, 2.05) is 54.6 Å². The topological polar surface area (TPSA) is 66.8 Å². The number of rotatable bonds is 4. The van der Waals surface area contributed by atoms with Gasteiger partial charge in [0, 0.05) is 5.56 Å². The fourth-order valence-corrected chi connectivity index (χ4v) is 2.57. The van der Waals surface area contributed by atoms with Gasteiger partial charge in [0.05, 0.1) is 7.11 Å². The average Bonchev–Trinajstić information content (AvgIpc) is 2.59. The van der Waals surface area contributed by atoms with Crippen LogP contribution < -0.4 is 4.74 Å². The van der Waals surface area contributed by atoms with E-state index in [-0.39, 0.29) is 11.3 Å².